The molecule has 0 amide bonds. The smallest absolute Gasteiger partial charge is 0.146 e. The highest BCUT2D eigenvalue weighted by molar-refractivity contribution is 5.56. The summed E-state index contributed by atoms with van der Waals surface area (Å²) < 4.78 is 19.3. The third kappa shape index (κ3) is 2.63. The summed E-state index contributed by atoms with van der Waals surface area (Å²) in [6.07, 6.45) is -1.04. The standard InChI is InChI=1S/C13H18FNO3/c1-9(17)11-3-2-4-12(14)13(11)15-5-6-18-10(7-15)8-16/h2-4,9-10,16-17H,5-8H2,1H3/t9-,10?/m1/s1. The minimum Gasteiger partial charge on any atom is -0.394 e. The maximum Gasteiger partial charge on any atom is 0.146 e. The molecule has 1 heterocycles. The molecular weight excluding hydrogens is 237 g/mol. The van der Waals surface area contributed by atoms with Crippen molar-refractivity contribution in [3.63, 3.8) is 0 Å². The van der Waals surface area contributed by atoms with Crippen molar-refractivity contribution in [3.8, 4) is 0 Å². The van der Waals surface area contributed by atoms with Crippen molar-refractivity contribution >= 4 is 5.69 Å². The number of nitrogens with zero attached hydrogens (tertiary/aromatic N) is 1. The van der Waals surface area contributed by atoms with Crippen LogP contribution in [0.15, 0.2) is 18.2 Å². The Morgan fingerprint density at radius 2 is 2.33 bits per heavy atom. The van der Waals surface area contributed by atoms with Crippen LogP contribution in [0.4, 0.5) is 10.1 Å². The van der Waals surface area contributed by atoms with Crippen LogP contribution in [0.2, 0.25) is 0 Å². The first-order valence-electron chi connectivity index (χ1n) is 6.07. The lowest BCUT2D eigenvalue weighted by Crippen LogP contribution is -2.44. The van der Waals surface area contributed by atoms with Crippen LogP contribution in [-0.4, -0.2) is 42.6 Å². The van der Waals surface area contributed by atoms with E-state index in [0.717, 1.165) is 0 Å². The molecule has 0 spiro atoms. The molecule has 0 bridgehead atoms. The molecule has 0 saturated carbocycles. The number of halogens is 1. The first-order chi connectivity index (χ1) is 8.63. The number of para-hydroxylation sites is 1. The Morgan fingerprint density at radius 3 is 3.00 bits per heavy atom. The minimum absolute atomic E-state index is 0.0883. The van der Waals surface area contributed by atoms with Crippen LogP contribution < -0.4 is 4.90 Å². The first-order valence-corrected chi connectivity index (χ1v) is 6.07. The molecule has 1 aliphatic heterocycles. The summed E-state index contributed by atoms with van der Waals surface area (Å²) in [7, 11) is 0. The molecule has 0 aliphatic carbocycles. The van der Waals surface area contributed by atoms with Crippen molar-refractivity contribution in [1.82, 2.24) is 0 Å². The summed E-state index contributed by atoms with van der Waals surface area (Å²) in [5, 5.41) is 18.8. The lowest BCUT2D eigenvalue weighted by Gasteiger charge is -2.35. The molecular formula is C13H18FNO3. The number of anilines is 1. The Bertz CT molecular complexity index is 411. The van der Waals surface area contributed by atoms with Crippen molar-refractivity contribution in [3.05, 3.63) is 29.6 Å². The van der Waals surface area contributed by atoms with Crippen molar-refractivity contribution in [2.24, 2.45) is 0 Å². The van der Waals surface area contributed by atoms with Crippen LogP contribution in [0.25, 0.3) is 0 Å². The molecule has 1 unspecified atom stereocenters. The van der Waals surface area contributed by atoms with Gasteiger partial charge in [-0.15, -0.1) is 0 Å². The summed E-state index contributed by atoms with van der Waals surface area (Å²) in [5.74, 6) is -0.355. The molecule has 2 N–H and O–H groups in total. The van der Waals surface area contributed by atoms with Gasteiger partial charge in [-0.05, 0) is 13.0 Å². The van der Waals surface area contributed by atoms with Gasteiger partial charge in [-0.25, -0.2) is 4.39 Å². The van der Waals surface area contributed by atoms with Gasteiger partial charge in [0.05, 0.1) is 31.1 Å². The van der Waals surface area contributed by atoms with Gasteiger partial charge in [-0.2, -0.15) is 0 Å². The van der Waals surface area contributed by atoms with E-state index in [0.29, 0.717) is 30.9 Å². The Hall–Kier alpha value is -1.17. The molecule has 18 heavy (non-hydrogen) atoms. The molecule has 5 heteroatoms. The number of hydrogen-bond acceptors (Lipinski definition) is 4. The van der Waals surface area contributed by atoms with Crippen molar-refractivity contribution < 1.29 is 19.3 Å². The SMILES string of the molecule is C[C@@H](O)c1cccc(F)c1N1CCOC(CO)C1. The second kappa shape index (κ2) is 5.65. The number of benzene rings is 1. The highest BCUT2D eigenvalue weighted by Crippen LogP contribution is 2.30. The zero-order valence-corrected chi connectivity index (χ0v) is 10.3. The van der Waals surface area contributed by atoms with Gasteiger partial charge in [0.25, 0.3) is 0 Å². The molecule has 0 radical (unpaired) electrons. The molecule has 2 atom stereocenters. The molecule has 1 fully saturated rings. The van der Waals surface area contributed by atoms with Gasteiger partial charge in [-0.1, -0.05) is 12.1 Å². The van der Waals surface area contributed by atoms with Crippen LogP contribution >= 0.6 is 0 Å². The van der Waals surface area contributed by atoms with Crippen molar-refractivity contribution in [2.75, 3.05) is 31.2 Å². The lowest BCUT2D eigenvalue weighted by atomic mass is 10.1. The Labute approximate surface area is 106 Å². The molecule has 1 aromatic rings. The molecule has 2 rings (SSSR count). The monoisotopic (exact) mass is 255 g/mol. The van der Waals surface area contributed by atoms with Gasteiger partial charge in [0.15, 0.2) is 0 Å². The molecule has 100 valence electrons. The number of hydrogen-bond donors (Lipinski definition) is 2. The van der Waals surface area contributed by atoms with Crippen molar-refractivity contribution in [2.45, 2.75) is 19.1 Å². The van der Waals surface area contributed by atoms with Gasteiger partial charge in [0.2, 0.25) is 0 Å². The van der Waals surface area contributed by atoms with E-state index in [-0.39, 0.29) is 18.5 Å². The van der Waals surface area contributed by atoms with E-state index in [1.54, 1.807) is 19.1 Å². The van der Waals surface area contributed by atoms with Crippen LogP contribution in [0.3, 0.4) is 0 Å². The average molecular weight is 255 g/mol. The van der Waals surface area contributed by atoms with Gasteiger partial charge < -0.3 is 19.8 Å². The maximum atomic E-state index is 14.0. The lowest BCUT2D eigenvalue weighted by molar-refractivity contribution is 0.00326. The van der Waals surface area contributed by atoms with E-state index in [4.69, 9.17) is 9.84 Å². The number of rotatable bonds is 3. The van der Waals surface area contributed by atoms with E-state index < -0.39 is 6.10 Å². The highest BCUT2D eigenvalue weighted by atomic mass is 19.1. The normalized spacial score (nSPS) is 22.0. The molecule has 0 aromatic heterocycles. The Morgan fingerprint density at radius 1 is 1.56 bits per heavy atom. The summed E-state index contributed by atoms with van der Waals surface area (Å²) in [4.78, 5) is 1.82. The van der Waals surface area contributed by atoms with E-state index in [1.807, 2.05) is 4.90 Å². The molecule has 1 saturated heterocycles. The topological polar surface area (TPSA) is 52.9 Å². The van der Waals surface area contributed by atoms with E-state index in [1.165, 1.54) is 6.07 Å². The second-order valence-corrected chi connectivity index (χ2v) is 4.48. The number of aliphatic hydroxyl groups excluding tert-OH is 2. The summed E-state index contributed by atoms with van der Waals surface area (Å²) in [5.41, 5.74) is 0.975. The molecule has 4 nitrogen and oxygen atoms in total. The van der Waals surface area contributed by atoms with Crippen LogP contribution in [0, 0.1) is 5.82 Å². The molecule has 1 aromatic carbocycles. The van der Waals surface area contributed by atoms with E-state index >= 15 is 0 Å². The Kier molecular flexibility index (Phi) is 4.16. The first kappa shape index (κ1) is 13.3. The van der Waals surface area contributed by atoms with Gasteiger partial charge in [-0.3, -0.25) is 0 Å². The van der Waals surface area contributed by atoms with Gasteiger partial charge >= 0.3 is 0 Å². The quantitative estimate of drug-likeness (QED) is 0.848. The fourth-order valence-corrected chi connectivity index (χ4v) is 2.24. The maximum absolute atomic E-state index is 14.0. The average Bonchev–Trinajstić information content (AvgIpc) is 2.38. The largest absolute Gasteiger partial charge is 0.394 e. The van der Waals surface area contributed by atoms with E-state index in [2.05, 4.69) is 0 Å². The zero-order chi connectivity index (χ0) is 13.1. The summed E-state index contributed by atoms with van der Waals surface area (Å²) >= 11 is 0. The van der Waals surface area contributed by atoms with Crippen LogP contribution in [0.1, 0.15) is 18.6 Å². The number of morpholine rings is 1. The summed E-state index contributed by atoms with van der Waals surface area (Å²) in [6, 6.07) is 4.68. The third-order valence-corrected chi connectivity index (χ3v) is 3.13. The van der Waals surface area contributed by atoms with Crippen LogP contribution in [0.5, 0.6) is 0 Å². The van der Waals surface area contributed by atoms with E-state index in [9.17, 15) is 9.50 Å². The highest BCUT2D eigenvalue weighted by Gasteiger charge is 2.25. The fourth-order valence-electron chi connectivity index (χ4n) is 2.24. The molecule has 1 aliphatic rings. The van der Waals surface area contributed by atoms with Crippen LogP contribution in [-0.2, 0) is 4.74 Å². The van der Waals surface area contributed by atoms with Gasteiger partial charge in [0, 0.05) is 18.7 Å². The third-order valence-electron chi connectivity index (χ3n) is 3.13. The Balaban J connectivity index is 2.31. The number of ether oxygens (including phenoxy) is 1. The summed E-state index contributed by atoms with van der Waals surface area (Å²) in [6.45, 7) is 2.95. The predicted octanol–water partition coefficient (Wildman–Crippen LogP) is 1.08. The fraction of sp³-hybridized carbons (Fsp3) is 0.538. The van der Waals surface area contributed by atoms with Crippen molar-refractivity contribution in [1.29, 1.82) is 0 Å². The van der Waals surface area contributed by atoms with Gasteiger partial charge in [0.1, 0.15) is 5.82 Å². The zero-order valence-electron chi connectivity index (χ0n) is 10.3. The minimum atomic E-state index is -0.730. The number of aliphatic hydroxyl groups is 2. The second-order valence-electron chi connectivity index (χ2n) is 4.48. The predicted molar refractivity (Wildman–Crippen MR) is 66.1 cm³/mol.